The van der Waals surface area contributed by atoms with Crippen molar-refractivity contribution in [3.05, 3.63) is 65.4 Å². The van der Waals surface area contributed by atoms with Crippen LogP contribution >= 0.6 is 0 Å². The van der Waals surface area contributed by atoms with Crippen molar-refractivity contribution < 1.29 is 18.7 Å². The Bertz CT molecular complexity index is 1320. The zero-order valence-corrected chi connectivity index (χ0v) is 18.0. The molecule has 4 aromatic rings. The number of hydrogen-bond donors (Lipinski definition) is 0. The van der Waals surface area contributed by atoms with Gasteiger partial charge in [-0.2, -0.15) is 5.10 Å². The smallest absolute Gasteiger partial charge is 0.312 e. The number of methoxy groups -OCH3 is 1. The maximum Gasteiger partial charge on any atom is 0.312 e. The van der Waals surface area contributed by atoms with E-state index in [0.717, 1.165) is 41.8 Å². The average molecular weight is 434 g/mol. The summed E-state index contributed by atoms with van der Waals surface area (Å²) in [5, 5.41) is 4.44. The van der Waals surface area contributed by atoms with E-state index in [2.05, 4.69) is 14.6 Å². The Hall–Kier alpha value is -3.68. The number of fused-ring (bicyclic) bond motifs is 3. The molecule has 0 saturated carbocycles. The van der Waals surface area contributed by atoms with Gasteiger partial charge in [-0.25, -0.2) is 9.37 Å². The monoisotopic (exact) mass is 434 g/mol. The molecule has 0 aliphatic carbocycles. The minimum atomic E-state index is -0.385. The highest BCUT2D eigenvalue weighted by atomic mass is 19.1. The van der Waals surface area contributed by atoms with Crippen LogP contribution < -0.4 is 4.74 Å². The number of ether oxygens (including phenoxy) is 2. The van der Waals surface area contributed by atoms with Crippen LogP contribution in [-0.2, 0) is 42.6 Å². The number of benzene rings is 2. The number of aryl methyl sites for hydroxylation is 3. The maximum absolute atomic E-state index is 13.5. The van der Waals surface area contributed by atoms with Gasteiger partial charge < -0.3 is 14.0 Å². The molecule has 0 fully saturated rings. The molecule has 2 aromatic carbocycles. The first kappa shape index (κ1) is 20.2. The number of carbonyl (C=O) groups excluding carboxylic acids is 1. The Morgan fingerprint density at radius 2 is 2.06 bits per heavy atom. The van der Waals surface area contributed by atoms with Gasteiger partial charge >= 0.3 is 5.97 Å². The molecule has 0 radical (unpaired) electrons. The molecule has 3 heterocycles. The molecule has 0 atom stereocenters. The van der Waals surface area contributed by atoms with Crippen molar-refractivity contribution in [1.29, 1.82) is 0 Å². The summed E-state index contributed by atoms with van der Waals surface area (Å²) in [6.45, 7) is 1.20. The first-order valence-corrected chi connectivity index (χ1v) is 10.5. The maximum atomic E-state index is 13.5. The van der Waals surface area contributed by atoms with Gasteiger partial charge in [0.25, 0.3) is 0 Å². The van der Waals surface area contributed by atoms with Gasteiger partial charge in [0.05, 0.1) is 30.3 Å². The molecule has 164 valence electrons. The molecule has 1 aliphatic heterocycles. The van der Waals surface area contributed by atoms with Gasteiger partial charge in [-0.3, -0.25) is 9.48 Å². The van der Waals surface area contributed by atoms with Crippen molar-refractivity contribution in [2.75, 3.05) is 7.11 Å². The highest BCUT2D eigenvalue weighted by Crippen LogP contribution is 2.30. The number of imidazole rings is 1. The van der Waals surface area contributed by atoms with Crippen LogP contribution in [0.5, 0.6) is 5.75 Å². The fourth-order valence-corrected chi connectivity index (χ4v) is 4.19. The number of hydrogen-bond acceptors (Lipinski definition) is 5. The predicted molar refractivity (Wildman–Crippen MR) is 117 cm³/mol. The molecule has 5 rings (SSSR count). The molecular formula is C24H23FN4O3. The zero-order chi connectivity index (χ0) is 22.2. The van der Waals surface area contributed by atoms with Gasteiger partial charge in [0.15, 0.2) is 0 Å². The predicted octanol–water partition coefficient (Wildman–Crippen LogP) is 3.82. The van der Waals surface area contributed by atoms with Gasteiger partial charge in [-0.05, 0) is 42.3 Å². The van der Waals surface area contributed by atoms with E-state index in [-0.39, 0.29) is 24.8 Å². The molecule has 7 nitrogen and oxygen atoms in total. The Morgan fingerprint density at radius 1 is 1.19 bits per heavy atom. The van der Waals surface area contributed by atoms with Crippen LogP contribution in [0.15, 0.2) is 42.5 Å². The Balaban J connectivity index is 1.26. The fraction of sp³-hybridized carbons (Fsp3) is 0.292. The standard InChI is InChI=1S/C24H23FN4O3/c1-28-17(12-19(27-28)18-7-6-16(25)11-22(18)31-2)13-24(30)32-14-15-5-8-21-20(10-15)26-23-4-3-9-29(21)23/h5-8,10-12H,3-4,9,13-14H2,1-2H3. The van der Waals surface area contributed by atoms with Gasteiger partial charge in [0.2, 0.25) is 0 Å². The molecule has 0 N–H and O–H groups in total. The molecule has 0 spiro atoms. The molecule has 2 aromatic heterocycles. The van der Waals surface area contributed by atoms with Gasteiger partial charge in [-0.15, -0.1) is 0 Å². The van der Waals surface area contributed by atoms with E-state index in [1.165, 1.54) is 19.2 Å². The lowest BCUT2D eigenvalue weighted by molar-refractivity contribution is -0.144. The molecule has 0 saturated heterocycles. The van der Waals surface area contributed by atoms with E-state index >= 15 is 0 Å². The lowest BCUT2D eigenvalue weighted by Gasteiger charge is -2.06. The van der Waals surface area contributed by atoms with Gasteiger partial charge in [-0.1, -0.05) is 6.07 Å². The lowest BCUT2D eigenvalue weighted by Crippen LogP contribution is -2.11. The van der Waals surface area contributed by atoms with Gasteiger partial charge in [0, 0.05) is 37.3 Å². The highest BCUT2D eigenvalue weighted by molar-refractivity contribution is 5.77. The zero-order valence-electron chi connectivity index (χ0n) is 18.0. The number of rotatable bonds is 6. The third-order valence-electron chi connectivity index (χ3n) is 5.82. The molecular weight excluding hydrogens is 411 g/mol. The summed E-state index contributed by atoms with van der Waals surface area (Å²) in [5.41, 5.74) is 4.93. The van der Waals surface area contributed by atoms with Crippen molar-refractivity contribution in [3.8, 4) is 17.0 Å². The van der Waals surface area contributed by atoms with Crippen molar-refractivity contribution in [2.45, 2.75) is 32.4 Å². The Kier molecular flexibility index (Phi) is 5.13. The first-order chi connectivity index (χ1) is 15.5. The summed E-state index contributed by atoms with van der Waals surface area (Å²) in [4.78, 5) is 17.2. The third-order valence-corrected chi connectivity index (χ3v) is 5.82. The van der Waals surface area contributed by atoms with E-state index in [9.17, 15) is 9.18 Å². The number of halogens is 1. The topological polar surface area (TPSA) is 71.2 Å². The van der Waals surface area contributed by atoms with E-state index in [1.54, 1.807) is 23.9 Å². The minimum absolute atomic E-state index is 0.0774. The van der Waals surface area contributed by atoms with Crippen LogP contribution in [0.1, 0.15) is 23.5 Å². The second kappa shape index (κ2) is 8.11. The van der Waals surface area contributed by atoms with E-state index in [0.29, 0.717) is 22.7 Å². The number of nitrogens with zero attached hydrogens (tertiary/aromatic N) is 4. The highest BCUT2D eigenvalue weighted by Gasteiger charge is 2.17. The van der Waals surface area contributed by atoms with Gasteiger partial charge in [0.1, 0.15) is 24.0 Å². The Labute approximate surface area is 184 Å². The number of esters is 1. The summed E-state index contributed by atoms with van der Waals surface area (Å²) in [6.07, 6.45) is 2.23. The van der Waals surface area contributed by atoms with Crippen molar-refractivity contribution in [2.24, 2.45) is 7.05 Å². The Morgan fingerprint density at radius 3 is 2.91 bits per heavy atom. The largest absolute Gasteiger partial charge is 0.496 e. The number of aromatic nitrogens is 4. The summed E-state index contributed by atoms with van der Waals surface area (Å²) in [6, 6.07) is 12.1. The molecule has 0 unspecified atom stereocenters. The molecule has 32 heavy (non-hydrogen) atoms. The van der Waals surface area contributed by atoms with Crippen LogP contribution in [0.3, 0.4) is 0 Å². The second-order valence-corrected chi connectivity index (χ2v) is 7.93. The van der Waals surface area contributed by atoms with Crippen LogP contribution in [0.25, 0.3) is 22.3 Å². The van der Waals surface area contributed by atoms with Crippen LogP contribution in [0.4, 0.5) is 4.39 Å². The van der Waals surface area contributed by atoms with Crippen LogP contribution in [0.2, 0.25) is 0 Å². The summed E-state index contributed by atoms with van der Waals surface area (Å²) >= 11 is 0. The molecule has 1 aliphatic rings. The summed E-state index contributed by atoms with van der Waals surface area (Å²) in [7, 11) is 3.24. The van der Waals surface area contributed by atoms with E-state index in [4.69, 9.17) is 9.47 Å². The quantitative estimate of drug-likeness (QED) is 0.432. The van der Waals surface area contributed by atoms with Crippen molar-refractivity contribution >= 4 is 17.0 Å². The average Bonchev–Trinajstić information content (AvgIpc) is 3.47. The molecule has 0 amide bonds. The molecule has 0 bridgehead atoms. The third kappa shape index (κ3) is 3.72. The first-order valence-electron chi connectivity index (χ1n) is 10.5. The molecule has 8 heteroatoms. The van der Waals surface area contributed by atoms with Crippen LogP contribution in [0, 0.1) is 5.82 Å². The number of carbonyl (C=O) groups is 1. The van der Waals surface area contributed by atoms with E-state index in [1.807, 2.05) is 18.2 Å². The second-order valence-electron chi connectivity index (χ2n) is 7.93. The normalized spacial score (nSPS) is 12.8. The summed E-state index contributed by atoms with van der Waals surface area (Å²) < 4.78 is 28.1. The fourth-order valence-electron chi connectivity index (χ4n) is 4.19. The van der Waals surface area contributed by atoms with Crippen LogP contribution in [-0.4, -0.2) is 32.4 Å². The van der Waals surface area contributed by atoms with Crippen molar-refractivity contribution in [3.63, 3.8) is 0 Å². The minimum Gasteiger partial charge on any atom is -0.496 e. The van der Waals surface area contributed by atoms with E-state index < -0.39 is 0 Å². The lowest BCUT2D eigenvalue weighted by atomic mass is 10.1. The SMILES string of the molecule is COc1cc(F)ccc1-c1cc(CC(=O)OCc2ccc3c(c2)nc2n3CCC2)n(C)n1. The summed E-state index contributed by atoms with van der Waals surface area (Å²) in [5.74, 6) is 0.776. The van der Waals surface area contributed by atoms with Crippen molar-refractivity contribution in [1.82, 2.24) is 19.3 Å².